The molecule has 3 aromatic rings. The predicted octanol–water partition coefficient (Wildman–Crippen LogP) is 1.94. The highest BCUT2D eigenvalue weighted by atomic mass is 16.7. The molecule has 5 heterocycles. The lowest BCUT2D eigenvalue weighted by molar-refractivity contribution is -0.125. The lowest BCUT2D eigenvalue weighted by Gasteiger charge is -2.25. The van der Waals surface area contributed by atoms with E-state index in [2.05, 4.69) is 10.1 Å². The molecule has 6 unspecified atom stereocenters. The van der Waals surface area contributed by atoms with Crippen LogP contribution in [0.1, 0.15) is 5.69 Å². The van der Waals surface area contributed by atoms with E-state index in [0.29, 0.717) is 22.8 Å². The standard InChI is InChI=1S/C24H18N4O5/c1-31-12-8-6-11(7-9-12)28-23(29)16-17(24(28)30)21-22-18(20(16)32-21)19(27-33-22)15-10-25-13-4-2-3-5-14(13)26-15/h2-10,16-18,20-22H,1H3. The SMILES string of the molecule is COc1ccc(N2C(=O)C3C4OC(C5C(c6cnc7ccccc7n6)=NOC45)C3C2=O)cc1. The second-order valence-corrected chi connectivity index (χ2v) is 8.64. The van der Waals surface area contributed by atoms with Crippen LogP contribution in [0, 0.1) is 17.8 Å². The molecule has 9 nitrogen and oxygen atoms in total. The van der Waals surface area contributed by atoms with Crippen LogP contribution in [0.5, 0.6) is 5.75 Å². The summed E-state index contributed by atoms with van der Waals surface area (Å²) in [6.07, 6.45) is 0.215. The summed E-state index contributed by atoms with van der Waals surface area (Å²) in [5, 5.41) is 4.30. The van der Waals surface area contributed by atoms with E-state index in [9.17, 15) is 9.59 Å². The number of benzene rings is 2. The minimum absolute atomic E-state index is 0.253. The van der Waals surface area contributed by atoms with Crippen LogP contribution in [-0.4, -0.2) is 52.9 Å². The highest BCUT2D eigenvalue weighted by Crippen LogP contribution is 2.55. The van der Waals surface area contributed by atoms with Gasteiger partial charge < -0.3 is 14.3 Å². The third kappa shape index (κ3) is 2.42. The Morgan fingerprint density at radius 3 is 2.36 bits per heavy atom. The van der Waals surface area contributed by atoms with Gasteiger partial charge in [0.1, 0.15) is 23.3 Å². The van der Waals surface area contributed by atoms with Crippen molar-refractivity contribution in [3.63, 3.8) is 0 Å². The largest absolute Gasteiger partial charge is 0.497 e. The molecule has 2 aromatic carbocycles. The van der Waals surface area contributed by atoms with Crippen molar-refractivity contribution >= 4 is 34.2 Å². The number of rotatable bonds is 3. The van der Waals surface area contributed by atoms with Gasteiger partial charge in [0.25, 0.3) is 0 Å². The molecule has 3 saturated heterocycles. The number of carbonyl (C=O) groups excluding carboxylic acids is 2. The first-order chi connectivity index (χ1) is 16.2. The average molecular weight is 442 g/mol. The summed E-state index contributed by atoms with van der Waals surface area (Å²) >= 11 is 0. The summed E-state index contributed by atoms with van der Waals surface area (Å²) in [4.78, 5) is 42.9. The average Bonchev–Trinajstić information content (AvgIpc) is 3.59. The Kier molecular flexibility index (Phi) is 3.73. The van der Waals surface area contributed by atoms with Crippen molar-refractivity contribution in [3.05, 3.63) is 60.4 Å². The number of para-hydroxylation sites is 2. The van der Waals surface area contributed by atoms with Gasteiger partial charge in [0.15, 0.2) is 6.10 Å². The zero-order chi connectivity index (χ0) is 22.3. The highest BCUT2D eigenvalue weighted by molar-refractivity contribution is 6.23. The molecule has 6 atom stereocenters. The zero-order valence-corrected chi connectivity index (χ0v) is 17.5. The molecule has 164 valence electrons. The molecule has 1 aromatic heterocycles. The van der Waals surface area contributed by atoms with E-state index in [1.807, 2.05) is 24.3 Å². The second kappa shape index (κ2) is 6.58. The highest BCUT2D eigenvalue weighted by Gasteiger charge is 2.72. The first kappa shape index (κ1) is 18.7. The lowest BCUT2D eigenvalue weighted by Crippen LogP contribution is -2.45. The number of aromatic nitrogens is 2. The van der Waals surface area contributed by atoms with Gasteiger partial charge in [-0.05, 0) is 36.4 Å². The molecule has 2 amide bonds. The number of ether oxygens (including phenoxy) is 2. The van der Waals surface area contributed by atoms with Crippen LogP contribution >= 0.6 is 0 Å². The molecule has 4 aliphatic rings. The molecular weight excluding hydrogens is 424 g/mol. The number of methoxy groups -OCH3 is 1. The van der Waals surface area contributed by atoms with Gasteiger partial charge in [0.2, 0.25) is 11.8 Å². The third-order valence-corrected chi connectivity index (χ3v) is 7.08. The monoisotopic (exact) mass is 442 g/mol. The van der Waals surface area contributed by atoms with E-state index < -0.39 is 30.1 Å². The van der Waals surface area contributed by atoms with Gasteiger partial charge in [-0.1, -0.05) is 17.3 Å². The number of anilines is 1. The Morgan fingerprint density at radius 1 is 0.879 bits per heavy atom. The molecule has 0 spiro atoms. The Bertz CT molecular complexity index is 1360. The predicted molar refractivity (Wildman–Crippen MR) is 116 cm³/mol. The Labute approximate surface area is 188 Å². The van der Waals surface area contributed by atoms with E-state index in [1.165, 1.54) is 4.90 Å². The first-order valence-corrected chi connectivity index (χ1v) is 10.8. The summed E-state index contributed by atoms with van der Waals surface area (Å²) in [7, 11) is 1.57. The Hall–Kier alpha value is -3.85. The smallest absolute Gasteiger partial charge is 0.240 e. The minimum atomic E-state index is -0.580. The fourth-order valence-corrected chi connectivity index (χ4v) is 5.63. The molecule has 0 aliphatic carbocycles. The van der Waals surface area contributed by atoms with Crippen LogP contribution in [0.15, 0.2) is 59.9 Å². The van der Waals surface area contributed by atoms with Gasteiger partial charge >= 0.3 is 0 Å². The van der Waals surface area contributed by atoms with E-state index in [-0.39, 0.29) is 17.7 Å². The summed E-state index contributed by atoms with van der Waals surface area (Å²) in [6.45, 7) is 0. The number of hydrogen-bond donors (Lipinski definition) is 0. The Balaban J connectivity index is 1.23. The zero-order valence-electron chi connectivity index (χ0n) is 17.5. The van der Waals surface area contributed by atoms with Crippen molar-refractivity contribution in [3.8, 4) is 5.75 Å². The Morgan fingerprint density at radius 2 is 1.61 bits per heavy atom. The molecule has 0 saturated carbocycles. The molecule has 3 fully saturated rings. The fraction of sp³-hybridized carbons (Fsp3) is 0.292. The van der Waals surface area contributed by atoms with Gasteiger partial charge in [-0.3, -0.25) is 14.6 Å². The maximum Gasteiger partial charge on any atom is 0.240 e. The van der Waals surface area contributed by atoms with Crippen molar-refractivity contribution in [1.82, 2.24) is 9.97 Å². The first-order valence-electron chi connectivity index (χ1n) is 10.8. The number of carbonyl (C=O) groups is 2. The number of oxime groups is 1. The van der Waals surface area contributed by atoms with Crippen molar-refractivity contribution in [2.24, 2.45) is 22.9 Å². The molecule has 9 heteroatoms. The third-order valence-electron chi connectivity index (χ3n) is 7.08. The summed E-state index contributed by atoms with van der Waals surface area (Å²) in [5.74, 6) is -1.30. The number of amides is 2. The molecule has 0 radical (unpaired) electrons. The van der Waals surface area contributed by atoms with Crippen molar-refractivity contribution in [2.45, 2.75) is 18.3 Å². The maximum absolute atomic E-state index is 13.4. The molecule has 7 rings (SSSR count). The van der Waals surface area contributed by atoms with E-state index in [4.69, 9.17) is 19.3 Å². The van der Waals surface area contributed by atoms with Crippen molar-refractivity contribution in [2.75, 3.05) is 12.0 Å². The minimum Gasteiger partial charge on any atom is -0.497 e. The molecule has 2 bridgehead atoms. The van der Waals surface area contributed by atoms with Gasteiger partial charge in [-0.25, -0.2) is 9.88 Å². The topological polar surface area (TPSA) is 103 Å². The van der Waals surface area contributed by atoms with Crippen molar-refractivity contribution < 1.29 is 23.9 Å². The second-order valence-electron chi connectivity index (χ2n) is 8.64. The number of nitrogens with zero attached hydrogens (tertiary/aromatic N) is 4. The normalized spacial score (nSPS) is 31.5. The summed E-state index contributed by atoms with van der Waals surface area (Å²) in [6, 6.07) is 14.5. The van der Waals surface area contributed by atoms with Crippen LogP contribution < -0.4 is 9.64 Å². The van der Waals surface area contributed by atoms with E-state index >= 15 is 0 Å². The quantitative estimate of drug-likeness (QED) is 0.571. The number of imide groups is 1. The van der Waals surface area contributed by atoms with Crippen LogP contribution in [0.25, 0.3) is 11.0 Å². The molecule has 4 aliphatic heterocycles. The van der Waals surface area contributed by atoms with E-state index in [1.54, 1.807) is 37.6 Å². The molecule has 33 heavy (non-hydrogen) atoms. The number of hydrogen-bond acceptors (Lipinski definition) is 8. The van der Waals surface area contributed by atoms with Crippen LogP contribution in [0.3, 0.4) is 0 Å². The van der Waals surface area contributed by atoms with Crippen LogP contribution in [-0.2, 0) is 19.2 Å². The van der Waals surface area contributed by atoms with Gasteiger partial charge in [-0.2, -0.15) is 0 Å². The van der Waals surface area contributed by atoms with Crippen LogP contribution in [0.2, 0.25) is 0 Å². The lowest BCUT2D eigenvalue weighted by atomic mass is 9.72. The van der Waals surface area contributed by atoms with Crippen molar-refractivity contribution in [1.29, 1.82) is 0 Å². The number of fused-ring (bicyclic) bond motifs is 9. The van der Waals surface area contributed by atoms with Gasteiger partial charge in [0.05, 0.1) is 53.9 Å². The van der Waals surface area contributed by atoms with E-state index in [0.717, 1.165) is 11.0 Å². The van der Waals surface area contributed by atoms with Gasteiger partial charge in [-0.15, -0.1) is 0 Å². The van der Waals surface area contributed by atoms with Gasteiger partial charge in [0, 0.05) is 0 Å². The maximum atomic E-state index is 13.4. The summed E-state index contributed by atoms with van der Waals surface area (Å²) < 4.78 is 11.4. The fourth-order valence-electron chi connectivity index (χ4n) is 5.63. The summed E-state index contributed by atoms with van der Waals surface area (Å²) in [5.41, 5.74) is 3.28. The molecular formula is C24H18N4O5. The molecule has 0 N–H and O–H groups in total. The van der Waals surface area contributed by atoms with Crippen LogP contribution in [0.4, 0.5) is 5.69 Å².